The van der Waals surface area contributed by atoms with Gasteiger partial charge in [-0.05, 0) is 12.1 Å². The van der Waals surface area contributed by atoms with Gasteiger partial charge in [-0.1, -0.05) is 28.1 Å². The summed E-state index contributed by atoms with van der Waals surface area (Å²) in [6.45, 7) is 0. The lowest BCUT2D eigenvalue weighted by atomic mass is 10.2. The van der Waals surface area contributed by atoms with E-state index >= 15 is 0 Å². The molecule has 100 valence electrons. The molecular formula is C13H14BrN3O2. The maximum atomic E-state index is 11.8. The molecule has 0 spiro atoms. The van der Waals surface area contributed by atoms with E-state index in [-0.39, 0.29) is 0 Å². The van der Waals surface area contributed by atoms with E-state index in [1.165, 1.54) is 4.90 Å². The second-order valence-corrected chi connectivity index (χ2v) is 5.11. The first kappa shape index (κ1) is 13.6. The van der Waals surface area contributed by atoms with Crippen LogP contribution in [0.3, 0.4) is 0 Å². The number of carbonyl (C=O) groups excluding carboxylic acids is 1. The number of imidazole rings is 1. The van der Waals surface area contributed by atoms with Gasteiger partial charge < -0.3 is 9.64 Å². The van der Waals surface area contributed by atoms with Gasteiger partial charge >= 0.3 is 6.09 Å². The van der Waals surface area contributed by atoms with Crippen molar-refractivity contribution in [3.63, 3.8) is 0 Å². The molecule has 0 saturated heterocycles. The minimum Gasteiger partial charge on any atom is -0.420 e. The van der Waals surface area contributed by atoms with E-state index in [2.05, 4.69) is 20.9 Å². The summed E-state index contributed by atoms with van der Waals surface area (Å²) in [5.41, 5.74) is 0.863. The zero-order valence-corrected chi connectivity index (χ0v) is 12.2. The SMILES string of the molecule is CN(C)C(=O)OC(c1cccc(Br)c1)n1ccnc1. The Bertz CT molecular complexity index is 555. The standard InChI is InChI=1S/C13H14BrN3O2/c1-16(2)13(18)19-12(17-7-6-15-9-17)10-4-3-5-11(14)8-10/h3-9,12H,1-2H3. The van der Waals surface area contributed by atoms with Crippen molar-refractivity contribution in [3.05, 3.63) is 53.0 Å². The van der Waals surface area contributed by atoms with Gasteiger partial charge in [-0.15, -0.1) is 0 Å². The van der Waals surface area contributed by atoms with Crippen molar-refractivity contribution in [3.8, 4) is 0 Å². The normalized spacial score (nSPS) is 11.9. The number of halogens is 1. The summed E-state index contributed by atoms with van der Waals surface area (Å²) >= 11 is 3.41. The minimum absolute atomic E-state index is 0.404. The van der Waals surface area contributed by atoms with E-state index in [0.717, 1.165) is 10.0 Å². The highest BCUT2D eigenvalue weighted by Gasteiger charge is 2.19. The summed E-state index contributed by atoms with van der Waals surface area (Å²) in [6, 6.07) is 7.63. The van der Waals surface area contributed by atoms with Gasteiger partial charge in [0.2, 0.25) is 6.23 Å². The maximum Gasteiger partial charge on any atom is 0.411 e. The molecule has 0 aliphatic heterocycles. The number of hydrogen-bond donors (Lipinski definition) is 0. The van der Waals surface area contributed by atoms with Gasteiger partial charge in [-0.3, -0.25) is 4.57 Å². The Balaban J connectivity index is 2.32. The third-order valence-electron chi connectivity index (χ3n) is 2.51. The summed E-state index contributed by atoms with van der Waals surface area (Å²) < 4.78 is 8.15. The summed E-state index contributed by atoms with van der Waals surface area (Å²) in [7, 11) is 3.29. The molecule has 19 heavy (non-hydrogen) atoms. The van der Waals surface area contributed by atoms with Crippen LogP contribution in [0.25, 0.3) is 0 Å². The Labute approximate surface area is 119 Å². The predicted octanol–water partition coefficient (Wildman–Crippen LogP) is 2.89. The number of carbonyl (C=O) groups is 1. The number of ether oxygens (including phenoxy) is 1. The number of nitrogens with zero attached hydrogens (tertiary/aromatic N) is 3. The summed E-state index contributed by atoms with van der Waals surface area (Å²) in [4.78, 5) is 17.1. The zero-order chi connectivity index (χ0) is 13.8. The molecule has 1 aromatic heterocycles. The Kier molecular flexibility index (Phi) is 4.21. The van der Waals surface area contributed by atoms with Gasteiger partial charge in [-0.25, -0.2) is 9.78 Å². The fourth-order valence-electron chi connectivity index (χ4n) is 1.57. The monoisotopic (exact) mass is 323 g/mol. The van der Waals surface area contributed by atoms with Crippen molar-refractivity contribution in [1.82, 2.24) is 14.5 Å². The Morgan fingerprint density at radius 3 is 2.84 bits per heavy atom. The molecule has 1 unspecified atom stereocenters. The van der Waals surface area contributed by atoms with Crippen LogP contribution in [0.15, 0.2) is 47.5 Å². The lowest BCUT2D eigenvalue weighted by molar-refractivity contribution is 0.0597. The molecule has 0 N–H and O–H groups in total. The number of benzene rings is 1. The van der Waals surface area contributed by atoms with Crippen molar-refractivity contribution in [2.24, 2.45) is 0 Å². The van der Waals surface area contributed by atoms with Gasteiger partial charge in [0.15, 0.2) is 0 Å². The smallest absolute Gasteiger partial charge is 0.411 e. The third kappa shape index (κ3) is 3.35. The highest BCUT2D eigenvalue weighted by Crippen LogP contribution is 2.23. The lowest BCUT2D eigenvalue weighted by Crippen LogP contribution is -2.27. The molecule has 0 aliphatic rings. The molecule has 1 atom stereocenters. The molecule has 5 nitrogen and oxygen atoms in total. The Morgan fingerprint density at radius 1 is 1.47 bits per heavy atom. The van der Waals surface area contributed by atoms with Gasteiger partial charge in [0.25, 0.3) is 0 Å². The predicted molar refractivity (Wildman–Crippen MR) is 74.7 cm³/mol. The second kappa shape index (κ2) is 5.88. The average molecular weight is 324 g/mol. The molecule has 1 heterocycles. The number of aromatic nitrogens is 2. The molecule has 1 aromatic carbocycles. The van der Waals surface area contributed by atoms with Gasteiger partial charge in [0, 0.05) is 36.5 Å². The highest BCUT2D eigenvalue weighted by atomic mass is 79.9. The average Bonchev–Trinajstić information content (AvgIpc) is 2.89. The van der Waals surface area contributed by atoms with E-state index in [4.69, 9.17) is 4.74 Å². The topological polar surface area (TPSA) is 47.4 Å². The molecular weight excluding hydrogens is 310 g/mol. The third-order valence-corrected chi connectivity index (χ3v) is 3.00. The largest absolute Gasteiger partial charge is 0.420 e. The lowest BCUT2D eigenvalue weighted by Gasteiger charge is -2.21. The fraction of sp³-hybridized carbons (Fsp3) is 0.231. The first-order chi connectivity index (χ1) is 9.08. The van der Waals surface area contributed by atoms with E-state index in [0.29, 0.717) is 0 Å². The van der Waals surface area contributed by atoms with Crippen molar-refractivity contribution in [2.45, 2.75) is 6.23 Å². The number of amides is 1. The Hall–Kier alpha value is -1.82. The Morgan fingerprint density at radius 2 is 2.26 bits per heavy atom. The molecule has 6 heteroatoms. The van der Waals surface area contributed by atoms with Crippen LogP contribution in [-0.4, -0.2) is 34.6 Å². The number of hydrogen-bond acceptors (Lipinski definition) is 3. The number of rotatable bonds is 3. The van der Waals surface area contributed by atoms with Gasteiger partial charge in [0.1, 0.15) is 0 Å². The summed E-state index contributed by atoms with van der Waals surface area (Å²) in [6.07, 6.45) is 4.09. The van der Waals surface area contributed by atoms with Crippen LogP contribution in [0.1, 0.15) is 11.8 Å². The van der Waals surface area contributed by atoms with E-state index in [1.807, 2.05) is 24.3 Å². The molecule has 0 radical (unpaired) electrons. The molecule has 0 bridgehead atoms. The van der Waals surface area contributed by atoms with Crippen molar-refractivity contribution < 1.29 is 9.53 Å². The summed E-state index contributed by atoms with van der Waals surface area (Å²) in [5.74, 6) is 0. The first-order valence-corrected chi connectivity index (χ1v) is 6.48. The van der Waals surface area contributed by atoms with Crippen molar-refractivity contribution in [1.29, 1.82) is 0 Å². The molecule has 2 rings (SSSR count). The minimum atomic E-state index is -0.533. The molecule has 1 amide bonds. The zero-order valence-electron chi connectivity index (χ0n) is 10.7. The van der Waals surface area contributed by atoms with Crippen LogP contribution in [0.4, 0.5) is 4.79 Å². The van der Waals surface area contributed by atoms with E-state index < -0.39 is 12.3 Å². The second-order valence-electron chi connectivity index (χ2n) is 4.20. The maximum absolute atomic E-state index is 11.8. The first-order valence-electron chi connectivity index (χ1n) is 5.69. The fourth-order valence-corrected chi connectivity index (χ4v) is 1.99. The molecule has 0 fully saturated rings. The van der Waals surface area contributed by atoms with Crippen LogP contribution in [0.2, 0.25) is 0 Å². The van der Waals surface area contributed by atoms with E-state index in [1.54, 1.807) is 37.4 Å². The van der Waals surface area contributed by atoms with Crippen LogP contribution < -0.4 is 0 Å². The van der Waals surface area contributed by atoms with E-state index in [9.17, 15) is 4.79 Å². The van der Waals surface area contributed by atoms with Crippen LogP contribution in [0, 0.1) is 0 Å². The van der Waals surface area contributed by atoms with Crippen molar-refractivity contribution in [2.75, 3.05) is 14.1 Å². The van der Waals surface area contributed by atoms with Crippen LogP contribution in [-0.2, 0) is 4.74 Å². The van der Waals surface area contributed by atoms with Crippen LogP contribution >= 0.6 is 15.9 Å². The molecule has 2 aromatic rings. The van der Waals surface area contributed by atoms with Crippen LogP contribution in [0.5, 0.6) is 0 Å². The highest BCUT2D eigenvalue weighted by molar-refractivity contribution is 9.10. The quantitative estimate of drug-likeness (QED) is 0.872. The summed E-state index contributed by atoms with van der Waals surface area (Å²) in [5, 5.41) is 0. The molecule has 0 aliphatic carbocycles. The van der Waals surface area contributed by atoms with Gasteiger partial charge in [-0.2, -0.15) is 0 Å². The molecule has 0 saturated carbocycles. The van der Waals surface area contributed by atoms with Crippen molar-refractivity contribution >= 4 is 22.0 Å². The van der Waals surface area contributed by atoms with Gasteiger partial charge in [0.05, 0.1) is 6.33 Å².